The zero-order chi connectivity index (χ0) is 20.8. The Bertz CT molecular complexity index is 1070. The molecule has 3 heterocycles. The maximum absolute atomic E-state index is 13.7. The number of benzene rings is 1. The van der Waals surface area contributed by atoms with Gasteiger partial charge < -0.3 is 9.13 Å². The first-order valence-electron chi connectivity index (χ1n) is 10.2. The number of hydrogen-bond donors (Lipinski definition) is 0. The molecule has 4 rings (SSSR count). The summed E-state index contributed by atoms with van der Waals surface area (Å²) in [6.45, 7) is 5.30. The number of aromatic nitrogens is 4. The van der Waals surface area contributed by atoms with E-state index < -0.39 is 0 Å². The van der Waals surface area contributed by atoms with Gasteiger partial charge in [0.25, 0.3) is 0 Å². The van der Waals surface area contributed by atoms with Gasteiger partial charge in [0.15, 0.2) is 0 Å². The summed E-state index contributed by atoms with van der Waals surface area (Å²) in [5, 5.41) is 0. The fraction of sp³-hybridized carbons (Fsp3) is 0.250. The van der Waals surface area contributed by atoms with E-state index in [0.717, 1.165) is 43.1 Å². The van der Waals surface area contributed by atoms with Crippen LogP contribution in [0.15, 0.2) is 79.6 Å². The minimum absolute atomic E-state index is 0.196. The van der Waals surface area contributed by atoms with Gasteiger partial charge in [-0.1, -0.05) is 12.1 Å². The topological polar surface area (TPSA) is 38.9 Å². The summed E-state index contributed by atoms with van der Waals surface area (Å²) >= 11 is 0. The highest BCUT2D eigenvalue weighted by atomic mass is 19.1. The van der Waals surface area contributed by atoms with Gasteiger partial charge in [-0.15, -0.1) is 0 Å². The van der Waals surface area contributed by atoms with E-state index in [1.165, 1.54) is 11.6 Å². The minimum Gasteiger partial charge on any atom is -0.337 e. The molecule has 5 nitrogen and oxygen atoms in total. The Morgan fingerprint density at radius 2 is 1.93 bits per heavy atom. The van der Waals surface area contributed by atoms with Crippen LogP contribution in [-0.4, -0.2) is 30.5 Å². The predicted molar refractivity (Wildman–Crippen MR) is 116 cm³/mol. The highest BCUT2D eigenvalue weighted by Gasteiger charge is 2.12. The third-order valence-corrected chi connectivity index (χ3v) is 5.11. The van der Waals surface area contributed by atoms with E-state index in [4.69, 9.17) is 0 Å². The Kier molecular flexibility index (Phi) is 6.35. The van der Waals surface area contributed by atoms with Crippen LogP contribution >= 0.6 is 0 Å². The lowest BCUT2D eigenvalue weighted by atomic mass is 10.2. The van der Waals surface area contributed by atoms with Crippen LogP contribution in [0.2, 0.25) is 0 Å². The lowest BCUT2D eigenvalue weighted by Gasteiger charge is -2.23. The quantitative estimate of drug-likeness (QED) is 0.410. The molecule has 0 atom stereocenters. The minimum atomic E-state index is -0.196. The molecule has 154 valence electrons. The van der Waals surface area contributed by atoms with Crippen LogP contribution in [0.25, 0.3) is 5.82 Å². The molecule has 0 aliphatic carbocycles. The summed E-state index contributed by atoms with van der Waals surface area (Å²) in [5.74, 6) is 0.720. The molecule has 1 aromatic carbocycles. The molecule has 0 aliphatic heterocycles. The SMILES string of the molecule is Cc1ccnc(-n2cccc2CN(CCCn2ccnc2)Cc2cccc(F)c2)c1. The van der Waals surface area contributed by atoms with Gasteiger partial charge in [-0.3, -0.25) is 4.90 Å². The molecule has 0 saturated heterocycles. The van der Waals surface area contributed by atoms with Crippen LogP contribution in [0.5, 0.6) is 0 Å². The van der Waals surface area contributed by atoms with Crippen molar-refractivity contribution in [2.24, 2.45) is 0 Å². The van der Waals surface area contributed by atoms with E-state index in [-0.39, 0.29) is 5.82 Å². The van der Waals surface area contributed by atoms with Gasteiger partial charge in [0.05, 0.1) is 6.33 Å². The van der Waals surface area contributed by atoms with E-state index >= 15 is 0 Å². The van der Waals surface area contributed by atoms with Gasteiger partial charge in [0, 0.05) is 56.7 Å². The summed E-state index contributed by atoms with van der Waals surface area (Å²) in [6.07, 6.45) is 10.5. The van der Waals surface area contributed by atoms with Crippen LogP contribution in [0.1, 0.15) is 23.2 Å². The number of aryl methyl sites for hydroxylation is 2. The fourth-order valence-electron chi connectivity index (χ4n) is 3.65. The molecule has 0 spiro atoms. The standard InChI is InChI=1S/C24H26FN5/c1-20-8-9-27-24(15-20)30-13-3-7-23(30)18-29(12-4-11-28-14-10-26-19-28)17-21-5-2-6-22(25)16-21/h2-3,5-10,13-16,19H,4,11-12,17-18H2,1H3. The molecule has 0 radical (unpaired) electrons. The fourth-order valence-corrected chi connectivity index (χ4v) is 3.65. The largest absolute Gasteiger partial charge is 0.337 e. The number of rotatable bonds is 9. The highest BCUT2D eigenvalue weighted by Crippen LogP contribution is 2.16. The van der Waals surface area contributed by atoms with Crippen molar-refractivity contribution in [3.8, 4) is 5.82 Å². The molecule has 0 N–H and O–H groups in total. The first-order chi connectivity index (χ1) is 14.7. The van der Waals surface area contributed by atoms with E-state index in [2.05, 4.69) is 43.1 Å². The molecular weight excluding hydrogens is 377 g/mol. The number of hydrogen-bond acceptors (Lipinski definition) is 3. The molecule has 0 saturated carbocycles. The van der Waals surface area contributed by atoms with Gasteiger partial charge in [0.2, 0.25) is 0 Å². The van der Waals surface area contributed by atoms with Crippen molar-refractivity contribution >= 4 is 0 Å². The van der Waals surface area contributed by atoms with Crippen LogP contribution < -0.4 is 0 Å². The van der Waals surface area contributed by atoms with E-state index in [0.29, 0.717) is 6.54 Å². The van der Waals surface area contributed by atoms with Crippen molar-refractivity contribution in [2.45, 2.75) is 33.0 Å². The van der Waals surface area contributed by atoms with Gasteiger partial charge in [-0.2, -0.15) is 0 Å². The van der Waals surface area contributed by atoms with Crippen molar-refractivity contribution in [3.05, 3.63) is 102 Å². The summed E-state index contributed by atoms with van der Waals surface area (Å²) < 4.78 is 17.9. The summed E-state index contributed by atoms with van der Waals surface area (Å²) in [6, 6.07) is 15.1. The Morgan fingerprint density at radius 3 is 2.73 bits per heavy atom. The number of imidazole rings is 1. The second-order valence-corrected chi connectivity index (χ2v) is 7.56. The van der Waals surface area contributed by atoms with Gasteiger partial charge >= 0.3 is 0 Å². The molecule has 6 heteroatoms. The predicted octanol–water partition coefficient (Wildman–Crippen LogP) is 4.61. The molecular formula is C24H26FN5. The lowest BCUT2D eigenvalue weighted by Crippen LogP contribution is -2.26. The van der Waals surface area contributed by atoms with Crippen molar-refractivity contribution < 1.29 is 4.39 Å². The van der Waals surface area contributed by atoms with Gasteiger partial charge in [0.1, 0.15) is 11.6 Å². The van der Waals surface area contributed by atoms with Crippen LogP contribution in [-0.2, 0) is 19.6 Å². The molecule has 3 aromatic heterocycles. The number of halogens is 1. The summed E-state index contributed by atoms with van der Waals surface area (Å²) in [5.41, 5.74) is 3.31. The molecule has 0 fully saturated rings. The van der Waals surface area contributed by atoms with Crippen molar-refractivity contribution in [1.82, 2.24) is 24.0 Å². The molecule has 0 amide bonds. The van der Waals surface area contributed by atoms with E-state index in [1.54, 1.807) is 18.3 Å². The Balaban J connectivity index is 1.51. The Morgan fingerprint density at radius 1 is 1.00 bits per heavy atom. The van der Waals surface area contributed by atoms with Gasteiger partial charge in [-0.05, 0) is 60.9 Å². The van der Waals surface area contributed by atoms with E-state index in [9.17, 15) is 4.39 Å². The normalized spacial score (nSPS) is 11.3. The average Bonchev–Trinajstić information content (AvgIpc) is 3.40. The molecule has 0 bridgehead atoms. The second kappa shape index (κ2) is 9.50. The Labute approximate surface area is 176 Å². The Hall–Kier alpha value is -3.25. The molecule has 0 aliphatic rings. The average molecular weight is 404 g/mol. The maximum Gasteiger partial charge on any atom is 0.137 e. The van der Waals surface area contributed by atoms with Crippen LogP contribution in [0, 0.1) is 12.7 Å². The molecule has 0 unspecified atom stereocenters. The smallest absolute Gasteiger partial charge is 0.137 e. The van der Waals surface area contributed by atoms with Crippen LogP contribution in [0.3, 0.4) is 0 Å². The first kappa shape index (κ1) is 20.0. The number of nitrogens with zero attached hydrogens (tertiary/aromatic N) is 5. The van der Waals surface area contributed by atoms with Gasteiger partial charge in [-0.25, -0.2) is 14.4 Å². The van der Waals surface area contributed by atoms with Crippen molar-refractivity contribution in [2.75, 3.05) is 6.54 Å². The zero-order valence-electron chi connectivity index (χ0n) is 17.2. The second-order valence-electron chi connectivity index (χ2n) is 7.56. The zero-order valence-corrected chi connectivity index (χ0v) is 17.2. The maximum atomic E-state index is 13.7. The molecule has 30 heavy (non-hydrogen) atoms. The van der Waals surface area contributed by atoms with E-state index in [1.807, 2.05) is 43.1 Å². The van der Waals surface area contributed by atoms with Crippen LogP contribution in [0.4, 0.5) is 4.39 Å². The lowest BCUT2D eigenvalue weighted by molar-refractivity contribution is 0.244. The number of pyridine rings is 1. The third-order valence-electron chi connectivity index (χ3n) is 5.11. The first-order valence-corrected chi connectivity index (χ1v) is 10.2. The molecule has 4 aromatic rings. The van der Waals surface area contributed by atoms with Crippen molar-refractivity contribution in [1.29, 1.82) is 0 Å². The summed E-state index contributed by atoms with van der Waals surface area (Å²) in [7, 11) is 0. The highest BCUT2D eigenvalue weighted by molar-refractivity contribution is 5.31. The monoisotopic (exact) mass is 403 g/mol. The van der Waals surface area contributed by atoms with Crippen molar-refractivity contribution in [3.63, 3.8) is 0 Å². The third kappa shape index (κ3) is 5.21. The summed E-state index contributed by atoms with van der Waals surface area (Å²) in [4.78, 5) is 11.0.